The summed E-state index contributed by atoms with van der Waals surface area (Å²) in [6.45, 7) is 6.58. The molecule has 148 valence electrons. The number of esters is 2. The summed E-state index contributed by atoms with van der Waals surface area (Å²) >= 11 is 0. The number of hydrogen-bond donors (Lipinski definition) is 0. The van der Waals surface area contributed by atoms with Crippen molar-refractivity contribution in [3.63, 3.8) is 0 Å². The maximum absolute atomic E-state index is 12.8. The first-order chi connectivity index (χ1) is 13.3. The van der Waals surface area contributed by atoms with Crippen LogP contribution in [-0.2, 0) is 23.9 Å². The van der Waals surface area contributed by atoms with Gasteiger partial charge in [0.05, 0.1) is 31.3 Å². The zero-order valence-corrected chi connectivity index (χ0v) is 16.9. The Bertz CT molecular complexity index is 900. The highest BCUT2D eigenvalue weighted by atomic mass is 16.5. The van der Waals surface area contributed by atoms with E-state index in [9.17, 15) is 14.4 Å². The molecule has 0 aliphatic heterocycles. The minimum atomic E-state index is -0.505. The molecule has 0 aromatic carbocycles. The largest absolute Gasteiger partial charge is 0.466 e. The first-order valence-corrected chi connectivity index (χ1v) is 9.82. The third-order valence-corrected chi connectivity index (χ3v) is 7.40. The van der Waals surface area contributed by atoms with Gasteiger partial charge in [-0.1, -0.05) is 44.6 Å². The number of carbonyl (C=O) groups excluding carboxylic acids is 3. The van der Waals surface area contributed by atoms with Gasteiger partial charge in [-0.05, 0) is 24.0 Å². The molecule has 0 saturated carbocycles. The summed E-state index contributed by atoms with van der Waals surface area (Å²) in [5.74, 6) is -1.47. The highest BCUT2D eigenvalue weighted by Crippen LogP contribution is 2.64. The Morgan fingerprint density at radius 2 is 1.64 bits per heavy atom. The molecule has 5 atom stereocenters. The molecule has 0 heterocycles. The van der Waals surface area contributed by atoms with Crippen LogP contribution in [0.5, 0.6) is 0 Å². The van der Waals surface area contributed by atoms with Crippen LogP contribution in [0.15, 0.2) is 46.6 Å². The molecule has 4 aliphatic carbocycles. The van der Waals surface area contributed by atoms with Crippen LogP contribution in [0.2, 0.25) is 0 Å². The standard InChI is InChI=1S/C23H26O5/c1-11(2)23(3)12-6-8-13(16(24)9-7-12)17-14-10-15(20(17)23)19(22(26)28-5)18(14)21(25)27-4/h6-9,11-15H,10H2,1-5H3. The maximum Gasteiger partial charge on any atom is 0.334 e. The van der Waals surface area contributed by atoms with E-state index in [0.717, 1.165) is 11.1 Å². The molecule has 5 nitrogen and oxygen atoms in total. The topological polar surface area (TPSA) is 69.7 Å². The Morgan fingerprint density at radius 3 is 2.21 bits per heavy atom. The molecule has 0 aromatic rings. The van der Waals surface area contributed by atoms with Crippen molar-refractivity contribution in [2.24, 2.45) is 35.0 Å². The van der Waals surface area contributed by atoms with Gasteiger partial charge in [0, 0.05) is 23.2 Å². The Hall–Kier alpha value is -2.43. The monoisotopic (exact) mass is 382 g/mol. The van der Waals surface area contributed by atoms with E-state index in [4.69, 9.17) is 9.47 Å². The number of carbonyl (C=O) groups is 3. The Kier molecular flexibility index (Phi) is 4.25. The van der Waals surface area contributed by atoms with Crippen LogP contribution in [0, 0.1) is 35.0 Å². The fourth-order valence-electron chi connectivity index (χ4n) is 5.80. The molecule has 5 unspecified atom stereocenters. The predicted molar refractivity (Wildman–Crippen MR) is 103 cm³/mol. The van der Waals surface area contributed by atoms with Gasteiger partial charge in [-0.2, -0.15) is 0 Å². The summed E-state index contributed by atoms with van der Waals surface area (Å²) in [7, 11) is 2.66. The molecule has 28 heavy (non-hydrogen) atoms. The van der Waals surface area contributed by atoms with Gasteiger partial charge < -0.3 is 9.47 Å². The lowest BCUT2D eigenvalue weighted by Crippen LogP contribution is -2.38. The summed E-state index contributed by atoms with van der Waals surface area (Å²) in [6, 6.07) is 0. The van der Waals surface area contributed by atoms with Crippen molar-refractivity contribution in [3.05, 3.63) is 46.6 Å². The van der Waals surface area contributed by atoms with E-state index in [1.165, 1.54) is 14.2 Å². The smallest absolute Gasteiger partial charge is 0.334 e. The van der Waals surface area contributed by atoms with Gasteiger partial charge in [-0.15, -0.1) is 0 Å². The lowest BCUT2D eigenvalue weighted by Gasteiger charge is -2.44. The van der Waals surface area contributed by atoms with E-state index >= 15 is 0 Å². The second kappa shape index (κ2) is 6.29. The number of methoxy groups -OCH3 is 2. The first-order valence-electron chi connectivity index (χ1n) is 9.82. The van der Waals surface area contributed by atoms with Gasteiger partial charge in [0.25, 0.3) is 0 Å². The van der Waals surface area contributed by atoms with Crippen molar-refractivity contribution >= 4 is 17.7 Å². The molecular formula is C23H26O5. The van der Waals surface area contributed by atoms with Crippen LogP contribution in [-0.4, -0.2) is 31.9 Å². The molecule has 4 aliphatic rings. The van der Waals surface area contributed by atoms with Gasteiger partial charge >= 0.3 is 11.9 Å². The predicted octanol–water partition coefficient (Wildman–Crippen LogP) is 3.18. The number of ether oxygens (including phenoxy) is 2. The number of fused-ring (bicyclic) bond motifs is 7. The van der Waals surface area contributed by atoms with Gasteiger partial charge in [-0.3, -0.25) is 4.79 Å². The summed E-state index contributed by atoms with van der Waals surface area (Å²) in [4.78, 5) is 38.1. The van der Waals surface area contributed by atoms with E-state index in [1.807, 2.05) is 12.2 Å². The van der Waals surface area contributed by atoms with Crippen LogP contribution >= 0.6 is 0 Å². The Labute approximate surface area is 165 Å². The molecule has 0 spiro atoms. The minimum absolute atomic E-state index is 0.0356. The van der Waals surface area contributed by atoms with E-state index in [2.05, 4.69) is 26.8 Å². The third kappa shape index (κ3) is 2.22. The molecule has 4 bridgehead atoms. The van der Waals surface area contributed by atoms with Crippen molar-refractivity contribution in [1.82, 2.24) is 0 Å². The molecule has 0 amide bonds. The van der Waals surface area contributed by atoms with Crippen LogP contribution in [0.3, 0.4) is 0 Å². The quantitative estimate of drug-likeness (QED) is 0.554. The lowest BCUT2D eigenvalue weighted by atomic mass is 9.59. The van der Waals surface area contributed by atoms with E-state index in [0.29, 0.717) is 17.6 Å². The molecule has 0 saturated heterocycles. The Morgan fingerprint density at radius 1 is 1.04 bits per heavy atom. The molecular weight excluding hydrogens is 356 g/mol. The number of rotatable bonds is 3. The maximum atomic E-state index is 12.8. The number of allylic oxidation sites excluding steroid dienone is 6. The molecule has 5 heteroatoms. The fraction of sp³-hybridized carbons (Fsp3) is 0.522. The van der Waals surface area contributed by atoms with E-state index in [1.54, 1.807) is 6.08 Å². The number of hydrogen-bond acceptors (Lipinski definition) is 5. The van der Waals surface area contributed by atoms with Gasteiger partial charge in [0.15, 0.2) is 5.78 Å². The second-order valence-corrected chi connectivity index (χ2v) is 8.61. The van der Waals surface area contributed by atoms with Gasteiger partial charge in [0.2, 0.25) is 0 Å². The van der Waals surface area contributed by atoms with Crippen molar-refractivity contribution in [2.45, 2.75) is 27.2 Å². The lowest BCUT2D eigenvalue weighted by molar-refractivity contribution is -0.139. The van der Waals surface area contributed by atoms with Crippen molar-refractivity contribution < 1.29 is 23.9 Å². The summed E-state index contributed by atoms with van der Waals surface area (Å²) in [6.07, 6.45) is 8.43. The molecule has 0 aromatic heterocycles. The van der Waals surface area contributed by atoms with Crippen molar-refractivity contribution in [2.75, 3.05) is 14.2 Å². The second-order valence-electron chi connectivity index (χ2n) is 8.61. The fourth-order valence-corrected chi connectivity index (χ4v) is 5.80. The minimum Gasteiger partial charge on any atom is -0.466 e. The van der Waals surface area contributed by atoms with Crippen LogP contribution in [0.25, 0.3) is 0 Å². The van der Waals surface area contributed by atoms with Crippen molar-refractivity contribution in [3.8, 4) is 0 Å². The third-order valence-electron chi connectivity index (χ3n) is 7.40. The first kappa shape index (κ1) is 18.9. The number of ketones is 1. The zero-order valence-electron chi connectivity index (χ0n) is 16.9. The molecule has 0 N–H and O–H groups in total. The Balaban J connectivity index is 1.98. The zero-order chi connectivity index (χ0) is 20.4. The average Bonchev–Trinajstić information content (AvgIpc) is 3.12. The SMILES string of the molecule is COC(=O)C1=C(C(=O)OC)C2CC1C1=C2C(C)(C(C)C)C2C=CC(=O)C1C=C2. The van der Waals surface area contributed by atoms with Crippen LogP contribution in [0.4, 0.5) is 0 Å². The summed E-state index contributed by atoms with van der Waals surface area (Å²) in [5.41, 5.74) is 2.69. The van der Waals surface area contributed by atoms with Gasteiger partial charge in [-0.25, -0.2) is 9.59 Å². The highest BCUT2D eigenvalue weighted by Gasteiger charge is 2.58. The normalized spacial score (nSPS) is 35.4. The van der Waals surface area contributed by atoms with E-state index in [-0.39, 0.29) is 40.8 Å². The molecule has 4 rings (SSSR count). The van der Waals surface area contributed by atoms with Crippen molar-refractivity contribution in [1.29, 1.82) is 0 Å². The summed E-state index contributed by atoms with van der Waals surface area (Å²) in [5, 5.41) is 0. The highest BCUT2D eigenvalue weighted by molar-refractivity contribution is 6.05. The van der Waals surface area contributed by atoms with Crippen LogP contribution in [0.1, 0.15) is 27.2 Å². The van der Waals surface area contributed by atoms with E-state index < -0.39 is 11.9 Å². The summed E-state index contributed by atoms with van der Waals surface area (Å²) < 4.78 is 10.1. The molecule has 0 fully saturated rings. The molecule has 0 radical (unpaired) electrons. The van der Waals surface area contributed by atoms with Gasteiger partial charge in [0.1, 0.15) is 0 Å². The average molecular weight is 382 g/mol. The van der Waals surface area contributed by atoms with Crippen LogP contribution < -0.4 is 0 Å².